The average molecular weight is 262 g/mol. The van der Waals surface area contributed by atoms with Crippen LogP contribution < -0.4 is 0 Å². The first-order chi connectivity index (χ1) is 7.89. The van der Waals surface area contributed by atoms with Gasteiger partial charge in [-0.05, 0) is 24.7 Å². The Balaban J connectivity index is 2.09. The van der Waals surface area contributed by atoms with E-state index in [1.165, 1.54) is 4.31 Å². The fourth-order valence-corrected chi connectivity index (χ4v) is 4.79. The highest BCUT2D eigenvalue weighted by atomic mass is 32.2. The van der Waals surface area contributed by atoms with Crippen molar-refractivity contribution in [3.63, 3.8) is 0 Å². The second kappa shape index (κ2) is 4.84. The summed E-state index contributed by atoms with van der Waals surface area (Å²) < 4.78 is 27.7. The molecule has 0 aliphatic carbocycles. The van der Waals surface area contributed by atoms with Gasteiger partial charge in [-0.1, -0.05) is 13.8 Å². The maximum atomic E-state index is 12.4. The van der Waals surface area contributed by atoms with Gasteiger partial charge in [-0.3, -0.25) is 0 Å². The molecule has 1 N–H and O–H groups in total. The number of nitrogens with zero attached hydrogens (tertiary/aromatic N) is 2. The first kappa shape index (κ1) is 13.3. The van der Waals surface area contributed by atoms with Crippen molar-refractivity contribution < 1.29 is 13.5 Å². The summed E-state index contributed by atoms with van der Waals surface area (Å²) in [4.78, 5) is 0. The maximum absolute atomic E-state index is 12.4. The molecule has 2 heterocycles. The van der Waals surface area contributed by atoms with Gasteiger partial charge in [-0.25, -0.2) is 0 Å². The molecule has 5 nitrogen and oxygen atoms in total. The van der Waals surface area contributed by atoms with Crippen LogP contribution in [0.5, 0.6) is 0 Å². The number of piperidine rings is 1. The predicted octanol–water partition coefficient (Wildman–Crippen LogP) is 0.276. The van der Waals surface area contributed by atoms with Crippen molar-refractivity contribution in [1.29, 1.82) is 0 Å². The highest BCUT2D eigenvalue weighted by Gasteiger charge is 2.37. The fourth-order valence-electron chi connectivity index (χ4n) is 2.88. The highest BCUT2D eigenvalue weighted by Crippen LogP contribution is 2.26. The van der Waals surface area contributed by atoms with Gasteiger partial charge in [0.2, 0.25) is 0 Å². The zero-order chi connectivity index (χ0) is 12.6. The summed E-state index contributed by atoms with van der Waals surface area (Å²) in [5, 5.41) is 9.44. The zero-order valence-corrected chi connectivity index (χ0v) is 11.4. The molecule has 0 amide bonds. The van der Waals surface area contributed by atoms with Crippen molar-refractivity contribution in [1.82, 2.24) is 8.61 Å². The molecule has 6 heteroatoms. The SMILES string of the molecule is CC1CC(C)CN(S(=O)(=O)N2CC[C@@H](O)C2)C1. The second-order valence-electron chi connectivity index (χ2n) is 5.57. The number of β-amino-alcohol motifs (C(OH)–C–C–N with tert-alkyl or cyclic N) is 1. The molecular formula is C11H22N2O3S. The smallest absolute Gasteiger partial charge is 0.282 e. The largest absolute Gasteiger partial charge is 0.392 e. The number of rotatable bonds is 2. The van der Waals surface area contributed by atoms with Gasteiger partial charge in [-0.15, -0.1) is 0 Å². The topological polar surface area (TPSA) is 60.9 Å². The van der Waals surface area contributed by atoms with Crippen molar-refractivity contribution >= 4 is 10.2 Å². The number of hydrogen-bond donors (Lipinski definition) is 1. The first-order valence-electron chi connectivity index (χ1n) is 6.33. The van der Waals surface area contributed by atoms with Crippen LogP contribution >= 0.6 is 0 Å². The molecular weight excluding hydrogens is 240 g/mol. The second-order valence-corrected chi connectivity index (χ2v) is 7.50. The van der Waals surface area contributed by atoms with Gasteiger partial charge in [-0.2, -0.15) is 17.0 Å². The monoisotopic (exact) mass is 262 g/mol. The lowest BCUT2D eigenvalue weighted by Gasteiger charge is -2.36. The van der Waals surface area contributed by atoms with Gasteiger partial charge >= 0.3 is 0 Å². The Morgan fingerprint density at radius 1 is 1.06 bits per heavy atom. The number of aliphatic hydroxyl groups excluding tert-OH is 1. The molecule has 0 radical (unpaired) electrons. The van der Waals surface area contributed by atoms with Gasteiger partial charge in [0.15, 0.2) is 0 Å². The van der Waals surface area contributed by atoms with Crippen LogP contribution in [0.4, 0.5) is 0 Å². The van der Waals surface area contributed by atoms with E-state index in [1.807, 2.05) is 0 Å². The van der Waals surface area contributed by atoms with Crippen molar-refractivity contribution in [2.45, 2.75) is 32.8 Å². The molecule has 0 aromatic rings. The Morgan fingerprint density at radius 3 is 2.12 bits per heavy atom. The van der Waals surface area contributed by atoms with Crippen LogP contribution in [0.2, 0.25) is 0 Å². The van der Waals surface area contributed by atoms with Crippen LogP contribution in [0.3, 0.4) is 0 Å². The van der Waals surface area contributed by atoms with E-state index in [-0.39, 0.29) is 6.54 Å². The number of hydrogen-bond acceptors (Lipinski definition) is 3. The van der Waals surface area contributed by atoms with Crippen LogP contribution in [0.25, 0.3) is 0 Å². The molecule has 0 saturated carbocycles. The van der Waals surface area contributed by atoms with Crippen LogP contribution in [-0.2, 0) is 10.2 Å². The van der Waals surface area contributed by atoms with Crippen LogP contribution in [0, 0.1) is 11.8 Å². The first-order valence-corrected chi connectivity index (χ1v) is 7.72. The average Bonchev–Trinajstić information content (AvgIpc) is 2.64. The zero-order valence-electron chi connectivity index (χ0n) is 10.5. The van der Waals surface area contributed by atoms with E-state index in [0.29, 0.717) is 37.9 Å². The Labute approximate surface area is 104 Å². The van der Waals surface area contributed by atoms with Gasteiger partial charge < -0.3 is 5.11 Å². The van der Waals surface area contributed by atoms with Crippen molar-refractivity contribution in [3.8, 4) is 0 Å². The Bertz CT molecular complexity index is 361. The molecule has 0 spiro atoms. The highest BCUT2D eigenvalue weighted by molar-refractivity contribution is 7.86. The van der Waals surface area contributed by atoms with E-state index >= 15 is 0 Å². The summed E-state index contributed by atoms with van der Waals surface area (Å²) in [5.74, 6) is 0.835. The lowest BCUT2D eigenvalue weighted by atomic mass is 9.94. The quantitative estimate of drug-likeness (QED) is 0.777. The Hall–Kier alpha value is -0.170. The fraction of sp³-hybridized carbons (Fsp3) is 1.00. The van der Waals surface area contributed by atoms with E-state index in [9.17, 15) is 13.5 Å². The molecule has 0 aromatic heterocycles. The normalized spacial score (nSPS) is 37.5. The molecule has 2 saturated heterocycles. The summed E-state index contributed by atoms with van der Waals surface area (Å²) in [5.41, 5.74) is 0. The predicted molar refractivity (Wildman–Crippen MR) is 65.6 cm³/mol. The lowest BCUT2D eigenvalue weighted by molar-refractivity contribution is 0.183. The number of aliphatic hydroxyl groups is 1. The molecule has 100 valence electrons. The molecule has 2 aliphatic rings. The van der Waals surface area contributed by atoms with E-state index in [0.717, 1.165) is 6.42 Å². The molecule has 2 aliphatic heterocycles. The van der Waals surface area contributed by atoms with Gasteiger partial charge in [0.1, 0.15) is 0 Å². The summed E-state index contributed by atoms with van der Waals surface area (Å²) in [6.07, 6.45) is 1.15. The summed E-state index contributed by atoms with van der Waals surface area (Å²) in [6, 6.07) is 0. The van der Waals surface area contributed by atoms with E-state index in [4.69, 9.17) is 0 Å². The Morgan fingerprint density at radius 2 is 1.65 bits per heavy atom. The summed E-state index contributed by atoms with van der Waals surface area (Å²) in [7, 11) is -3.35. The summed E-state index contributed by atoms with van der Waals surface area (Å²) >= 11 is 0. The van der Waals surface area contributed by atoms with Crippen LogP contribution in [0.1, 0.15) is 26.7 Å². The minimum atomic E-state index is -3.35. The van der Waals surface area contributed by atoms with Crippen molar-refractivity contribution in [3.05, 3.63) is 0 Å². The van der Waals surface area contributed by atoms with Crippen LogP contribution in [0.15, 0.2) is 0 Å². The summed E-state index contributed by atoms with van der Waals surface area (Å²) in [6.45, 7) is 6.11. The van der Waals surface area contributed by atoms with Gasteiger partial charge in [0, 0.05) is 26.2 Å². The molecule has 17 heavy (non-hydrogen) atoms. The molecule has 0 aromatic carbocycles. The van der Waals surface area contributed by atoms with E-state index in [2.05, 4.69) is 13.8 Å². The van der Waals surface area contributed by atoms with Gasteiger partial charge in [0.25, 0.3) is 10.2 Å². The van der Waals surface area contributed by atoms with E-state index in [1.54, 1.807) is 4.31 Å². The minimum Gasteiger partial charge on any atom is -0.392 e. The third kappa shape index (κ3) is 2.81. The van der Waals surface area contributed by atoms with E-state index < -0.39 is 16.3 Å². The third-order valence-electron chi connectivity index (χ3n) is 3.61. The molecule has 0 bridgehead atoms. The Kier molecular flexibility index (Phi) is 3.77. The van der Waals surface area contributed by atoms with Crippen LogP contribution in [-0.4, -0.2) is 54.4 Å². The molecule has 2 unspecified atom stereocenters. The van der Waals surface area contributed by atoms with Crippen molar-refractivity contribution in [2.75, 3.05) is 26.2 Å². The standard InChI is InChI=1S/C11H22N2O3S/c1-9-5-10(2)7-13(6-9)17(15,16)12-4-3-11(14)8-12/h9-11,14H,3-8H2,1-2H3/t9?,10?,11-/m1/s1. The minimum absolute atomic E-state index is 0.252. The third-order valence-corrected chi connectivity index (χ3v) is 5.55. The lowest BCUT2D eigenvalue weighted by Crippen LogP contribution is -2.49. The maximum Gasteiger partial charge on any atom is 0.282 e. The molecule has 2 rings (SSSR count). The molecule has 3 atom stereocenters. The molecule has 2 fully saturated rings. The van der Waals surface area contributed by atoms with Crippen molar-refractivity contribution in [2.24, 2.45) is 11.8 Å². The van der Waals surface area contributed by atoms with Gasteiger partial charge in [0.05, 0.1) is 6.10 Å².